The van der Waals surface area contributed by atoms with Gasteiger partial charge in [-0.3, -0.25) is 0 Å². The van der Waals surface area contributed by atoms with Crippen LogP contribution in [0.25, 0.3) is 0 Å². The van der Waals surface area contributed by atoms with Crippen LogP contribution in [0.2, 0.25) is 0 Å². The molecule has 0 amide bonds. The third-order valence-corrected chi connectivity index (χ3v) is 3.39. The van der Waals surface area contributed by atoms with Crippen LogP contribution < -0.4 is 5.32 Å². The number of hydrogen-bond donors (Lipinski definition) is 1. The predicted octanol–water partition coefficient (Wildman–Crippen LogP) is 3.33. The lowest BCUT2D eigenvalue weighted by atomic mass is 10.2. The van der Waals surface area contributed by atoms with Crippen molar-refractivity contribution in [1.82, 2.24) is 5.32 Å². The van der Waals surface area contributed by atoms with E-state index in [0.717, 1.165) is 35.0 Å². The number of nitrogens with one attached hydrogen (secondary N) is 1. The Morgan fingerprint density at radius 1 is 1.47 bits per heavy atom. The Morgan fingerprint density at radius 3 is 2.80 bits per heavy atom. The maximum absolute atomic E-state index is 13.0. The maximum Gasteiger partial charge on any atom is 0.124 e. The second-order valence-corrected chi connectivity index (χ2v) is 5.30. The summed E-state index contributed by atoms with van der Waals surface area (Å²) in [6.45, 7) is 4.07. The molecule has 82 valence electrons. The average Bonchev–Trinajstić information content (AvgIpc) is 2.80. The highest BCUT2D eigenvalue weighted by molar-refractivity contribution is 9.10. The molecule has 0 heterocycles. The molecule has 0 saturated heterocycles. The Kier molecular flexibility index (Phi) is 3.42. The fraction of sp³-hybridized carbons (Fsp3) is 0.500. The van der Waals surface area contributed by atoms with E-state index in [9.17, 15) is 4.39 Å². The van der Waals surface area contributed by atoms with Gasteiger partial charge in [0.25, 0.3) is 0 Å². The van der Waals surface area contributed by atoms with E-state index in [0.29, 0.717) is 0 Å². The van der Waals surface area contributed by atoms with Crippen molar-refractivity contribution in [1.29, 1.82) is 0 Å². The third kappa shape index (κ3) is 3.28. The second kappa shape index (κ2) is 4.62. The first-order valence-corrected chi connectivity index (χ1v) is 6.10. The van der Waals surface area contributed by atoms with Crippen LogP contribution in [-0.2, 0) is 6.54 Å². The normalized spacial score (nSPS) is 24.2. The summed E-state index contributed by atoms with van der Waals surface area (Å²) >= 11 is 3.29. The maximum atomic E-state index is 13.0. The van der Waals surface area contributed by atoms with Gasteiger partial charge in [0.1, 0.15) is 5.82 Å². The van der Waals surface area contributed by atoms with E-state index in [1.807, 2.05) is 6.07 Å². The zero-order valence-corrected chi connectivity index (χ0v) is 10.3. The molecule has 0 bridgehead atoms. The van der Waals surface area contributed by atoms with E-state index < -0.39 is 0 Å². The molecular weight excluding hydrogens is 257 g/mol. The topological polar surface area (TPSA) is 12.0 Å². The molecule has 1 nitrogen and oxygen atoms in total. The largest absolute Gasteiger partial charge is 0.312 e. The molecule has 1 saturated carbocycles. The third-order valence-electron chi connectivity index (χ3n) is 2.93. The highest BCUT2D eigenvalue weighted by Crippen LogP contribution is 2.36. The molecular formula is C12H15BrFN. The Bertz CT molecular complexity index is 333. The summed E-state index contributed by atoms with van der Waals surface area (Å²) in [5.74, 6) is 1.53. The predicted molar refractivity (Wildman–Crippen MR) is 63.1 cm³/mol. The number of hydrogen-bond acceptors (Lipinski definition) is 1. The van der Waals surface area contributed by atoms with Crippen molar-refractivity contribution in [3.05, 3.63) is 34.1 Å². The van der Waals surface area contributed by atoms with Crippen molar-refractivity contribution in [3.63, 3.8) is 0 Å². The van der Waals surface area contributed by atoms with E-state index in [2.05, 4.69) is 28.2 Å². The van der Waals surface area contributed by atoms with Gasteiger partial charge in [-0.1, -0.05) is 22.9 Å². The van der Waals surface area contributed by atoms with Gasteiger partial charge in [0.15, 0.2) is 0 Å². The standard InChI is InChI=1S/C12H15BrFN/c1-8-2-10(8)7-15-6-9-3-11(13)5-12(14)4-9/h3-5,8,10,15H,2,6-7H2,1H3. The molecule has 3 heteroatoms. The molecule has 0 radical (unpaired) electrons. The average molecular weight is 272 g/mol. The quantitative estimate of drug-likeness (QED) is 0.886. The molecule has 1 aliphatic rings. The first-order valence-electron chi connectivity index (χ1n) is 5.31. The van der Waals surface area contributed by atoms with Gasteiger partial charge >= 0.3 is 0 Å². The number of rotatable bonds is 4. The molecule has 0 aliphatic heterocycles. The number of benzene rings is 1. The van der Waals surface area contributed by atoms with Gasteiger partial charge in [0.2, 0.25) is 0 Å². The van der Waals surface area contributed by atoms with Crippen molar-refractivity contribution in [2.24, 2.45) is 11.8 Å². The van der Waals surface area contributed by atoms with Gasteiger partial charge in [0.05, 0.1) is 0 Å². The SMILES string of the molecule is CC1CC1CNCc1cc(F)cc(Br)c1. The highest BCUT2D eigenvalue weighted by Gasteiger charge is 2.31. The Balaban J connectivity index is 1.82. The van der Waals surface area contributed by atoms with Crippen LogP contribution in [0.1, 0.15) is 18.9 Å². The van der Waals surface area contributed by atoms with Gasteiger partial charge in [0, 0.05) is 11.0 Å². The minimum atomic E-state index is -0.180. The van der Waals surface area contributed by atoms with Crippen molar-refractivity contribution in [2.75, 3.05) is 6.54 Å². The summed E-state index contributed by atoms with van der Waals surface area (Å²) in [6, 6.07) is 5.01. The van der Waals surface area contributed by atoms with Crippen LogP contribution in [0.5, 0.6) is 0 Å². The lowest BCUT2D eigenvalue weighted by Gasteiger charge is -2.05. The van der Waals surface area contributed by atoms with Gasteiger partial charge in [-0.05, 0) is 48.6 Å². The Hall–Kier alpha value is -0.410. The summed E-state index contributed by atoms with van der Waals surface area (Å²) in [4.78, 5) is 0. The zero-order chi connectivity index (χ0) is 10.8. The fourth-order valence-corrected chi connectivity index (χ4v) is 2.31. The smallest absolute Gasteiger partial charge is 0.124 e. The highest BCUT2D eigenvalue weighted by atomic mass is 79.9. The molecule has 1 aromatic rings. The van der Waals surface area contributed by atoms with E-state index in [1.54, 1.807) is 6.07 Å². The molecule has 2 rings (SSSR count). The Morgan fingerprint density at radius 2 is 2.20 bits per heavy atom. The Labute approximate surface area is 98.2 Å². The van der Waals surface area contributed by atoms with Gasteiger partial charge < -0.3 is 5.32 Å². The molecule has 1 fully saturated rings. The molecule has 0 spiro atoms. The summed E-state index contributed by atoms with van der Waals surface area (Å²) < 4.78 is 13.8. The molecule has 1 aliphatic carbocycles. The van der Waals surface area contributed by atoms with Crippen molar-refractivity contribution in [2.45, 2.75) is 19.9 Å². The van der Waals surface area contributed by atoms with Crippen LogP contribution in [0.3, 0.4) is 0 Å². The fourth-order valence-electron chi connectivity index (χ4n) is 1.80. The van der Waals surface area contributed by atoms with E-state index >= 15 is 0 Å². The van der Waals surface area contributed by atoms with E-state index in [4.69, 9.17) is 0 Å². The minimum absolute atomic E-state index is 0.180. The van der Waals surface area contributed by atoms with Crippen LogP contribution in [0.4, 0.5) is 4.39 Å². The summed E-state index contributed by atoms with van der Waals surface area (Å²) in [6.07, 6.45) is 1.33. The molecule has 2 unspecified atom stereocenters. The first kappa shape index (κ1) is 11.1. The van der Waals surface area contributed by atoms with Crippen molar-refractivity contribution in [3.8, 4) is 0 Å². The van der Waals surface area contributed by atoms with Crippen molar-refractivity contribution < 1.29 is 4.39 Å². The van der Waals surface area contributed by atoms with Crippen LogP contribution in [0.15, 0.2) is 22.7 Å². The number of halogens is 2. The van der Waals surface area contributed by atoms with Crippen LogP contribution in [0, 0.1) is 17.7 Å². The molecule has 1 aromatic carbocycles. The second-order valence-electron chi connectivity index (χ2n) is 4.38. The lowest BCUT2D eigenvalue weighted by Crippen LogP contribution is -2.16. The summed E-state index contributed by atoms with van der Waals surface area (Å²) in [7, 11) is 0. The summed E-state index contributed by atoms with van der Waals surface area (Å²) in [5, 5.41) is 3.36. The minimum Gasteiger partial charge on any atom is -0.312 e. The van der Waals surface area contributed by atoms with Gasteiger partial charge in [-0.2, -0.15) is 0 Å². The van der Waals surface area contributed by atoms with Crippen LogP contribution >= 0.6 is 15.9 Å². The van der Waals surface area contributed by atoms with Crippen molar-refractivity contribution >= 4 is 15.9 Å². The summed E-state index contributed by atoms with van der Waals surface area (Å²) in [5.41, 5.74) is 0.996. The lowest BCUT2D eigenvalue weighted by molar-refractivity contribution is 0.600. The zero-order valence-electron chi connectivity index (χ0n) is 8.76. The molecule has 15 heavy (non-hydrogen) atoms. The monoisotopic (exact) mass is 271 g/mol. The molecule has 2 atom stereocenters. The van der Waals surface area contributed by atoms with Crippen LogP contribution in [-0.4, -0.2) is 6.54 Å². The van der Waals surface area contributed by atoms with E-state index in [1.165, 1.54) is 12.5 Å². The van der Waals surface area contributed by atoms with Gasteiger partial charge in [-0.15, -0.1) is 0 Å². The first-order chi connectivity index (χ1) is 7.15. The molecule has 1 N–H and O–H groups in total. The van der Waals surface area contributed by atoms with E-state index in [-0.39, 0.29) is 5.82 Å². The van der Waals surface area contributed by atoms with Gasteiger partial charge in [-0.25, -0.2) is 4.39 Å². The molecule has 0 aromatic heterocycles.